The van der Waals surface area contributed by atoms with Crippen LogP contribution in [0.3, 0.4) is 0 Å². The van der Waals surface area contributed by atoms with Crippen LogP contribution in [0, 0.1) is 28.6 Å². The molecule has 0 radical (unpaired) electrons. The quantitative estimate of drug-likeness (QED) is 0.582. The van der Waals surface area contributed by atoms with E-state index in [1.54, 1.807) is 0 Å². The molecule has 2 unspecified atom stereocenters. The van der Waals surface area contributed by atoms with Crippen LogP contribution in [-0.2, 0) is 14.8 Å². The van der Waals surface area contributed by atoms with Gasteiger partial charge in [0.05, 0.1) is 5.60 Å². The van der Waals surface area contributed by atoms with Crippen LogP contribution >= 0.6 is 0 Å². The number of fused-ring (bicyclic) bond motifs is 1. The van der Waals surface area contributed by atoms with E-state index in [4.69, 9.17) is 4.43 Å². The third-order valence-corrected chi connectivity index (χ3v) is 9.26. The number of ketones is 1. The minimum Gasteiger partial charge on any atom is -0.418 e. The summed E-state index contributed by atoms with van der Waals surface area (Å²) in [5.74, 6) is 1.93. The predicted molar refractivity (Wildman–Crippen MR) is 126 cm³/mol. The van der Waals surface area contributed by atoms with E-state index >= 15 is 0 Å². The van der Waals surface area contributed by atoms with Crippen LogP contribution in [0.1, 0.15) is 84.8 Å². The molecule has 2 nitrogen and oxygen atoms in total. The Morgan fingerprint density at radius 2 is 1.97 bits per heavy atom. The van der Waals surface area contributed by atoms with E-state index in [1.807, 2.05) is 0 Å². The number of benzene rings is 1. The third-order valence-electron chi connectivity index (χ3n) is 8.44. The Morgan fingerprint density at radius 1 is 1.24 bits per heavy atom. The van der Waals surface area contributed by atoms with Gasteiger partial charge < -0.3 is 4.43 Å². The second kappa shape index (κ2) is 8.15. The van der Waals surface area contributed by atoms with Gasteiger partial charge in [-0.25, -0.2) is 0 Å². The fraction of sp³-hybridized carbons (Fsp3) is 0.654. The molecule has 0 spiro atoms. The molecule has 0 N–H and O–H groups in total. The zero-order valence-electron chi connectivity index (χ0n) is 19.5. The van der Waals surface area contributed by atoms with E-state index < -0.39 is 0 Å². The molecular formula is C26H40O2Si. The highest BCUT2D eigenvalue weighted by Gasteiger charge is 2.51. The number of allylic oxidation sites excluding steroid dienone is 1. The summed E-state index contributed by atoms with van der Waals surface area (Å²) < 4.78 is 6.12. The number of Topliss-reactive ketones (excluding diaryl/α,β-unsaturated/α-hetero) is 1. The minimum absolute atomic E-state index is 0.0331. The summed E-state index contributed by atoms with van der Waals surface area (Å²) in [6, 6.07) is 8.82. The number of carbonyl (C=O) groups excluding carboxylic acids is 1. The Bertz CT molecular complexity index is 777. The van der Waals surface area contributed by atoms with Crippen molar-refractivity contribution in [3.8, 4) is 0 Å². The van der Waals surface area contributed by atoms with Gasteiger partial charge in [0.25, 0.3) is 0 Å². The Hall–Kier alpha value is -1.19. The predicted octanol–water partition coefficient (Wildman–Crippen LogP) is 5.68. The molecular weight excluding hydrogens is 372 g/mol. The molecule has 0 amide bonds. The van der Waals surface area contributed by atoms with Gasteiger partial charge in [-0.15, -0.1) is 0 Å². The van der Waals surface area contributed by atoms with Crippen molar-refractivity contribution in [1.82, 2.24) is 0 Å². The largest absolute Gasteiger partial charge is 0.418 e. The van der Waals surface area contributed by atoms with E-state index in [2.05, 4.69) is 78.0 Å². The van der Waals surface area contributed by atoms with Crippen molar-refractivity contribution >= 4 is 22.3 Å². The molecule has 2 aliphatic carbocycles. The average Bonchev–Trinajstić information content (AvgIpc) is 3.03. The summed E-state index contributed by atoms with van der Waals surface area (Å²) in [6.45, 7) is 13.7. The van der Waals surface area contributed by atoms with Gasteiger partial charge in [-0.1, -0.05) is 65.0 Å². The molecule has 2 fully saturated rings. The molecule has 2 saturated carbocycles. The van der Waals surface area contributed by atoms with Crippen molar-refractivity contribution in [2.24, 2.45) is 28.6 Å². The first kappa shape index (κ1) is 22.5. The second-order valence-corrected chi connectivity index (χ2v) is 11.3. The van der Waals surface area contributed by atoms with Gasteiger partial charge in [-0.2, -0.15) is 0 Å². The van der Waals surface area contributed by atoms with E-state index in [-0.39, 0.29) is 16.4 Å². The molecule has 0 aliphatic heterocycles. The van der Waals surface area contributed by atoms with Crippen molar-refractivity contribution in [2.75, 3.05) is 0 Å². The number of rotatable bonds is 5. The van der Waals surface area contributed by atoms with Crippen molar-refractivity contribution in [1.29, 1.82) is 0 Å². The maximum atomic E-state index is 12.4. The van der Waals surface area contributed by atoms with Crippen LogP contribution in [0.15, 0.2) is 30.3 Å². The first-order valence-electron chi connectivity index (χ1n) is 11.4. The Morgan fingerprint density at radius 3 is 2.62 bits per heavy atom. The molecule has 160 valence electrons. The summed E-state index contributed by atoms with van der Waals surface area (Å²) in [7, 11) is 0.716. The molecule has 0 bridgehead atoms. The summed E-state index contributed by atoms with van der Waals surface area (Å²) >= 11 is 0. The van der Waals surface area contributed by atoms with Crippen LogP contribution in [0.2, 0.25) is 0 Å². The normalized spacial score (nSPS) is 31.0. The number of carbonyl (C=O) groups is 1. The Labute approximate surface area is 181 Å². The second-order valence-electron chi connectivity index (χ2n) is 10.9. The molecule has 1 aromatic carbocycles. The van der Waals surface area contributed by atoms with Gasteiger partial charge in [0.15, 0.2) is 0 Å². The van der Waals surface area contributed by atoms with Crippen LogP contribution < -0.4 is 0 Å². The lowest BCUT2D eigenvalue weighted by molar-refractivity contribution is -0.129. The topological polar surface area (TPSA) is 26.3 Å². The van der Waals surface area contributed by atoms with Gasteiger partial charge in [0.1, 0.15) is 16.3 Å². The first-order valence-corrected chi connectivity index (χ1v) is 12.2. The summed E-state index contributed by atoms with van der Waals surface area (Å²) in [5, 5.41) is 0. The fourth-order valence-corrected chi connectivity index (χ4v) is 6.87. The van der Waals surface area contributed by atoms with Crippen molar-refractivity contribution < 1.29 is 9.22 Å². The molecule has 1 aromatic rings. The molecule has 3 heteroatoms. The van der Waals surface area contributed by atoms with Gasteiger partial charge >= 0.3 is 0 Å². The lowest BCUT2D eigenvalue weighted by Gasteiger charge is -2.42. The van der Waals surface area contributed by atoms with Crippen molar-refractivity contribution in [2.45, 2.75) is 79.2 Å². The zero-order chi connectivity index (χ0) is 21.4. The first-order chi connectivity index (χ1) is 13.5. The van der Waals surface area contributed by atoms with Crippen LogP contribution in [0.25, 0.3) is 6.08 Å². The van der Waals surface area contributed by atoms with E-state index in [0.29, 0.717) is 34.0 Å². The average molecular weight is 413 g/mol. The smallest absolute Gasteiger partial charge is 0.147 e. The van der Waals surface area contributed by atoms with Crippen LogP contribution in [0.4, 0.5) is 0 Å². The molecule has 5 atom stereocenters. The third kappa shape index (κ3) is 4.05. The fourth-order valence-electron chi connectivity index (χ4n) is 6.03. The lowest BCUT2D eigenvalue weighted by Crippen LogP contribution is -2.39. The highest BCUT2D eigenvalue weighted by molar-refractivity contribution is 5.98. The standard InChI is InChI=1S/C26H40O2Si/c1-18(21-14-15-22-23(27)11-8-16-25(21,22)5)12-13-19-9-7-10-20(17-19)26(6,28-29)24(2,3)4/h7,9-10,12-13,17-18,21-22H,8,11,14-16H2,1-6,29H3/t18-,21-,22?,25-,26?/m1/s1. The SMILES string of the molecule is C[C@H](C=Cc1cccc(C(C)(O[SiH3])C(C)(C)C)c1)[C@H]1CCC2C(=O)CCC[C@@]21C. The summed E-state index contributed by atoms with van der Waals surface area (Å²) in [4.78, 5) is 12.4. The molecule has 0 aromatic heterocycles. The Kier molecular flexibility index (Phi) is 6.32. The molecule has 2 aliphatic rings. The highest BCUT2D eigenvalue weighted by atomic mass is 28.2. The zero-order valence-corrected chi connectivity index (χ0v) is 21.5. The highest BCUT2D eigenvalue weighted by Crippen LogP contribution is 2.56. The molecule has 3 rings (SSSR count). The van der Waals surface area contributed by atoms with E-state index in [1.165, 1.54) is 24.0 Å². The monoisotopic (exact) mass is 412 g/mol. The summed E-state index contributed by atoms with van der Waals surface area (Å²) in [5.41, 5.74) is 2.45. The van der Waals surface area contributed by atoms with Crippen molar-refractivity contribution in [3.05, 3.63) is 41.5 Å². The summed E-state index contributed by atoms with van der Waals surface area (Å²) in [6.07, 6.45) is 10.0. The van der Waals surface area contributed by atoms with Crippen LogP contribution in [-0.4, -0.2) is 16.3 Å². The Balaban J connectivity index is 1.79. The minimum atomic E-state index is -0.275. The van der Waals surface area contributed by atoms with Crippen molar-refractivity contribution in [3.63, 3.8) is 0 Å². The van der Waals surface area contributed by atoms with Gasteiger partial charge in [-0.05, 0) is 72.5 Å². The molecule has 29 heavy (non-hydrogen) atoms. The number of hydrogen-bond acceptors (Lipinski definition) is 2. The maximum absolute atomic E-state index is 12.4. The molecule has 0 heterocycles. The van der Waals surface area contributed by atoms with Gasteiger partial charge in [0.2, 0.25) is 0 Å². The van der Waals surface area contributed by atoms with Gasteiger partial charge in [-0.3, -0.25) is 4.79 Å². The van der Waals surface area contributed by atoms with Crippen LogP contribution in [0.5, 0.6) is 0 Å². The van der Waals surface area contributed by atoms with E-state index in [9.17, 15) is 4.79 Å². The van der Waals surface area contributed by atoms with Gasteiger partial charge in [0, 0.05) is 12.3 Å². The lowest BCUT2D eigenvalue weighted by atomic mass is 9.62. The molecule has 0 saturated heterocycles. The van der Waals surface area contributed by atoms with E-state index in [0.717, 1.165) is 19.3 Å². The number of hydrogen-bond donors (Lipinski definition) is 0. The maximum Gasteiger partial charge on any atom is 0.147 e.